The van der Waals surface area contributed by atoms with E-state index in [-0.39, 0.29) is 18.1 Å². The molecule has 3 aliphatic rings. The Morgan fingerprint density at radius 2 is 1.73 bits per heavy atom. The van der Waals surface area contributed by atoms with Crippen molar-refractivity contribution in [1.29, 1.82) is 0 Å². The van der Waals surface area contributed by atoms with Crippen molar-refractivity contribution in [3.05, 3.63) is 0 Å². The molecule has 3 fully saturated rings. The molecule has 1 atom stereocenters. The Bertz CT molecular complexity index is 588. The van der Waals surface area contributed by atoms with Crippen LogP contribution in [0.2, 0.25) is 0 Å². The largest absolute Gasteiger partial charge is 0.444 e. The highest BCUT2D eigenvalue weighted by Gasteiger charge is 2.54. The van der Waals surface area contributed by atoms with Crippen LogP contribution in [-0.2, 0) is 14.2 Å². The topological polar surface area (TPSA) is 51.2 Å². The highest BCUT2D eigenvalue weighted by atomic mass is 19.3. The Morgan fingerprint density at radius 3 is 2.30 bits per heavy atom. The summed E-state index contributed by atoms with van der Waals surface area (Å²) in [5.41, 5.74) is -0.530. The Kier molecular flexibility index (Phi) is 7.18. The normalized spacial score (nSPS) is 32.4. The van der Waals surface area contributed by atoms with Crippen LogP contribution >= 0.6 is 0 Å². The van der Waals surface area contributed by atoms with Gasteiger partial charge in [0.1, 0.15) is 5.60 Å². The van der Waals surface area contributed by atoms with E-state index in [0.717, 1.165) is 19.4 Å². The van der Waals surface area contributed by atoms with Crippen LogP contribution in [0.1, 0.15) is 46.5 Å². The second-order valence-corrected chi connectivity index (χ2v) is 9.88. The molecular weight excluding hydrogens is 408 g/mol. The number of carbonyl (C=O) groups is 1. The predicted molar refractivity (Wildman–Crippen MR) is 100 cm³/mol. The van der Waals surface area contributed by atoms with E-state index in [2.05, 4.69) is 14.4 Å². The second kappa shape index (κ2) is 9.16. The Balaban J connectivity index is 1.47. The Labute approximate surface area is 174 Å². The summed E-state index contributed by atoms with van der Waals surface area (Å²) >= 11 is 0. The molecule has 30 heavy (non-hydrogen) atoms. The third-order valence-electron chi connectivity index (χ3n) is 6.19. The lowest BCUT2D eigenvalue weighted by Crippen LogP contribution is -2.60. The smallest absolute Gasteiger partial charge is 0.410 e. The number of hydrogen-bond acceptors (Lipinski definition) is 5. The molecule has 0 aromatic rings. The van der Waals surface area contributed by atoms with E-state index in [0.29, 0.717) is 38.4 Å². The summed E-state index contributed by atoms with van der Waals surface area (Å²) in [6.45, 7) is 1.67. The molecule has 2 aliphatic carbocycles. The molecule has 174 valence electrons. The van der Waals surface area contributed by atoms with Crippen LogP contribution in [0.3, 0.4) is 0 Å². The number of alkyl halides is 4. The van der Waals surface area contributed by atoms with E-state index in [4.69, 9.17) is 4.74 Å². The number of amides is 1. The molecule has 10 heteroatoms. The summed E-state index contributed by atoms with van der Waals surface area (Å²) in [6.07, 6.45) is 2.46. The zero-order chi connectivity index (χ0) is 22.1. The van der Waals surface area contributed by atoms with Gasteiger partial charge in [0.15, 0.2) is 0 Å². The van der Waals surface area contributed by atoms with Crippen molar-refractivity contribution in [3.8, 4) is 0 Å². The average Bonchev–Trinajstić information content (AvgIpc) is 2.54. The van der Waals surface area contributed by atoms with E-state index in [9.17, 15) is 22.4 Å². The molecule has 1 spiro atoms. The SMILES string of the molecule is CC(C)(C)OC(=O)N1CCN(CC2CC3(C2)CC(OC(F)F)C3)CC1COC(F)F. The molecule has 1 amide bonds. The summed E-state index contributed by atoms with van der Waals surface area (Å²) in [7, 11) is 0. The van der Waals surface area contributed by atoms with E-state index >= 15 is 0 Å². The van der Waals surface area contributed by atoms with Gasteiger partial charge in [0, 0.05) is 26.2 Å². The lowest BCUT2D eigenvalue weighted by molar-refractivity contribution is -0.227. The first-order valence-corrected chi connectivity index (χ1v) is 10.5. The molecule has 0 aromatic heterocycles. The number of hydrogen-bond donors (Lipinski definition) is 0. The quantitative estimate of drug-likeness (QED) is 0.562. The van der Waals surface area contributed by atoms with Gasteiger partial charge in [0.25, 0.3) is 0 Å². The fourth-order valence-corrected chi connectivity index (χ4v) is 5.11. The van der Waals surface area contributed by atoms with Gasteiger partial charge < -0.3 is 19.1 Å². The number of carbonyl (C=O) groups excluding carboxylic acids is 1. The van der Waals surface area contributed by atoms with Gasteiger partial charge in [-0.05, 0) is 57.8 Å². The average molecular weight is 440 g/mol. The maximum Gasteiger partial charge on any atom is 0.410 e. The van der Waals surface area contributed by atoms with Gasteiger partial charge in [-0.15, -0.1) is 0 Å². The fourth-order valence-electron chi connectivity index (χ4n) is 5.11. The number of ether oxygens (including phenoxy) is 3. The number of piperazine rings is 1. The van der Waals surface area contributed by atoms with Crippen LogP contribution in [-0.4, -0.2) is 79.6 Å². The van der Waals surface area contributed by atoms with Gasteiger partial charge in [-0.1, -0.05) is 0 Å². The minimum absolute atomic E-state index is 0.140. The summed E-state index contributed by atoms with van der Waals surface area (Å²) < 4.78 is 64.2. The van der Waals surface area contributed by atoms with Crippen LogP contribution < -0.4 is 0 Å². The number of nitrogens with zero attached hydrogens (tertiary/aromatic N) is 2. The lowest BCUT2D eigenvalue weighted by Gasteiger charge is -2.58. The first-order chi connectivity index (χ1) is 13.9. The van der Waals surface area contributed by atoms with Gasteiger partial charge in [-0.25, -0.2) is 4.79 Å². The van der Waals surface area contributed by atoms with Gasteiger partial charge in [-0.3, -0.25) is 4.90 Å². The Hall–Kier alpha value is -1.13. The van der Waals surface area contributed by atoms with Crippen molar-refractivity contribution in [1.82, 2.24) is 9.80 Å². The van der Waals surface area contributed by atoms with Gasteiger partial charge in [-0.2, -0.15) is 17.6 Å². The third-order valence-corrected chi connectivity index (χ3v) is 6.19. The molecule has 6 nitrogen and oxygen atoms in total. The first kappa shape index (κ1) is 23.5. The molecule has 1 aliphatic heterocycles. The van der Waals surface area contributed by atoms with Gasteiger partial charge in [0.05, 0.1) is 18.8 Å². The fraction of sp³-hybridized carbons (Fsp3) is 0.950. The highest BCUT2D eigenvalue weighted by molar-refractivity contribution is 5.68. The van der Waals surface area contributed by atoms with Crippen molar-refractivity contribution < 1.29 is 36.6 Å². The van der Waals surface area contributed by atoms with Crippen LogP contribution in [0.4, 0.5) is 22.4 Å². The van der Waals surface area contributed by atoms with Crippen LogP contribution in [0.15, 0.2) is 0 Å². The van der Waals surface area contributed by atoms with E-state index in [1.165, 1.54) is 4.90 Å². The maximum absolute atomic E-state index is 12.6. The maximum atomic E-state index is 12.6. The standard InChI is InChI=1S/C20H32F4N2O4/c1-19(2,3)30-18(27)26-5-4-25(11-14(26)12-28-16(21)22)10-13-6-20(7-13)8-15(9-20)29-17(23)24/h13-17H,4-12H2,1-3H3. The Morgan fingerprint density at radius 1 is 1.07 bits per heavy atom. The van der Waals surface area contributed by atoms with Gasteiger partial charge in [0.2, 0.25) is 0 Å². The van der Waals surface area contributed by atoms with Gasteiger partial charge >= 0.3 is 19.3 Å². The van der Waals surface area contributed by atoms with E-state index in [1.807, 2.05) is 0 Å². The zero-order valence-electron chi connectivity index (χ0n) is 17.8. The van der Waals surface area contributed by atoms with Crippen LogP contribution in [0, 0.1) is 11.3 Å². The van der Waals surface area contributed by atoms with Crippen molar-refractivity contribution in [3.63, 3.8) is 0 Å². The summed E-state index contributed by atoms with van der Waals surface area (Å²) in [6, 6.07) is -0.510. The van der Waals surface area contributed by atoms with Crippen molar-refractivity contribution >= 4 is 6.09 Å². The van der Waals surface area contributed by atoms with Crippen molar-refractivity contribution in [2.24, 2.45) is 11.3 Å². The van der Waals surface area contributed by atoms with E-state index in [1.54, 1.807) is 20.8 Å². The molecule has 1 unspecified atom stereocenters. The molecule has 0 N–H and O–H groups in total. The lowest BCUT2D eigenvalue weighted by atomic mass is 9.50. The van der Waals surface area contributed by atoms with Crippen molar-refractivity contribution in [2.75, 3.05) is 32.8 Å². The van der Waals surface area contributed by atoms with Crippen LogP contribution in [0.25, 0.3) is 0 Å². The minimum Gasteiger partial charge on any atom is -0.444 e. The monoisotopic (exact) mass is 440 g/mol. The molecule has 0 radical (unpaired) electrons. The van der Waals surface area contributed by atoms with Crippen molar-refractivity contribution in [2.45, 2.75) is 77.4 Å². The summed E-state index contributed by atoms with van der Waals surface area (Å²) in [4.78, 5) is 16.1. The second-order valence-electron chi connectivity index (χ2n) is 9.88. The molecule has 0 aromatic carbocycles. The number of halogens is 4. The zero-order valence-corrected chi connectivity index (χ0v) is 17.8. The minimum atomic E-state index is -2.89. The summed E-state index contributed by atoms with van der Waals surface area (Å²) in [5, 5.41) is 0. The summed E-state index contributed by atoms with van der Waals surface area (Å²) in [5.74, 6) is 0.447. The molecule has 3 rings (SSSR count). The molecule has 1 heterocycles. The molecular formula is C20H32F4N2O4. The molecule has 0 bridgehead atoms. The predicted octanol–water partition coefficient (Wildman–Crippen LogP) is 3.94. The first-order valence-electron chi connectivity index (χ1n) is 10.5. The van der Waals surface area contributed by atoms with E-state index < -0.39 is 31.0 Å². The molecule has 2 saturated carbocycles. The highest BCUT2D eigenvalue weighted by Crippen LogP contribution is 2.59. The molecule has 1 saturated heterocycles. The van der Waals surface area contributed by atoms with Crippen LogP contribution in [0.5, 0.6) is 0 Å². The third kappa shape index (κ3) is 6.20. The number of rotatable bonds is 7.